The van der Waals surface area contributed by atoms with E-state index >= 15 is 0 Å². The third-order valence-electron chi connectivity index (χ3n) is 5.12. The van der Waals surface area contributed by atoms with Crippen LogP contribution in [0.3, 0.4) is 0 Å². The first-order chi connectivity index (χ1) is 8.34. The molecule has 0 aromatic carbocycles. The lowest BCUT2D eigenvalue weighted by atomic mass is 10.00. The third-order valence-corrected chi connectivity index (χ3v) is 5.12. The molecule has 3 heteroatoms. The average molecular weight is 237 g/mol. The monoisotopic (exact) mass is 237 g/mol. The molecule has 0 aromatic rings. The van der Waals surface area contributed by atoms with E-state index in [2.05, 4.69) is 9.80 Å². The molecule has 2 saturated heterocycles. The van der Waals surface area contributed by atoms with Crippen LogP contribution < -0.4 is 5.73 Å². The molecule has 0 amide bonds. The van der Waals surface area contributed by atoms with E-state index < -0.39 is 0 Å². The van der Waals surface area contributed by atoms with Crippen molar-refractivity contribution < 1.29 is 0 Å². The van der Waals surface area contributed by atoms with Crippen LogP contribution >= 0.6 is 0 Å². The van der Waals surface area contributed by atoms with Crippen molar-refractivity contribution in [2.45, 2.75) is 63.1 Å². The van der Waals surface area contributed by atoms with Gasteiger partial charge in [-0.05, 0) is 32.2 Å². The topological polar surface area (TPSA) is 32.5 Å². The SMILES string of the molecule is NC1CCCCCC1N1CCN2CCCC2C1. The molecule has 1 aliphatic carbocycles. The van der Waals surface area contributed by atoms with E-state index in [4.69, 9.17) is 5.73 Å². The van der Waals surface area contributed by atoms with Crippen molar-refractivity contribution in [2.24, 2.45) is 5.73 Å². The van der Waals surface area contributed by atoms with Crippen molar-refractivity contribution in [3.8, 4) is 0 Å². The molecule has 2 aliphatic heterocycles. The molecule has 0 bridgehead atoms. The van der Waals surface area contributed by atoms with Gasteiger partial charge in [0.25, 0.3) is 0 Å². The summed E-state index contributed by atoms with van der Waals surface area (Å²) in [5, 5.41) is 0. The van der Waals surface area contributed by atoms with Crippen LogP contribution in [0.25, 0.3) is 0 Å². The highest BCUT2D eigenvalue weighted by Gasteiger charge is 2.35. The molecular formula is C14H27N3. The first-order valence-corrected chi connectivity index (χ1v) is 7.58. The molecule has 3 nitrogen and oxygen atoms in total. The molecule has 0 radical (unpaired) electrons. The molecule has 2 N–H and O–H groups in total. The maximum atomic E-state index is 6.39. The predicted octanol–water partition coefficient (Wildman–Crippen LogP) is 1.43. The maximum absolute atomic E-state index is 6.39. The summed E-state index contributed by atoms with van der Waals surface area (Å²) < 4.78 is 0. The van der Waals surface area contributed by atoms with Crippen LogP contribution in [-0.4, -0.2) is 54.1 Å². The summed E-state index contributed by atoms with van der Waals surface area (Å²) in [4.78, 5) is 5.42. The Morgan fingerprint density at radius 1 is 0.765 bits per heavy atom. The van der Waals surface area contributed by atoms with E-state index in [0.717, 1.165) is 6.04 Å². The van der Waals surface area contributed by atoms with Crippen LogP contribution in [0.1, 0.15) is 44.9 Å². The molecule has 3 atom stereocenters. The number of piperazine rings is 1. The maximum Gasteiger partial charge on any atom is 0.0248 e. The summed E-state index contributed by atoms with van der Waals surface area (Å²) in [5.41, 5.74) is 6.39. The highest BCUT2D eigenvalue weighted by atomic mass is 15.3. The summed E-state index contributed by atoms with van der Waals surface area (Å²) in [6.07, 6.45) is 9.55. The normalized spacial score (nSPS) is 41.1. The van der Waals surface area contributed by atoms with Gasteiger partial charge in [-0.2, -0.15) is 0 Å². The lowest BCUT2D eigenvalue weighted by Crippen LogP contribution is -2.57. The number of hydrogen-bond acceptors (Lipinski definition) is 3. The average Bonchev–Trinajstić information content (AvgIpc) is 2.70. The molecule has 3 aliphatic rings. The predicted molar refractivity (Wildman–Crippen MR) is 71.0 cm³/mol. The van der Waals surface area contributed by atoms with Gasteiger partial charge >= 0.3 is 0 Å². The lowest BCUT2D eigenvalue weighted by molar-refractivity contribution is 0.0592. The number of nitrogens with zero attached hydrogens (tertiary/aromatic N) is 2. The van der Waals surface area contributed by atoms with Gasteiger partial charge in [0.05, 0.1) is 0 Å². The van der Waals surface area contributed by atoms with E-state index in [1.807, 2.05) is 0 Å². The van der Waals surface area contributed by atoms with Crippen molar-refractivity contribution in [2.75, 3.05) is 26.2 Å². The number of nitrogens with two attached hydrogens (primary N) is 1. The van der Waals surface area contributed by atoms with Gasteiger partial charge in [-0.25, -0.2) is 0 Å². The fraction of sp³-hybridized carbons (Fsp3) is 1.00. The van der Waals surface area contributed by atoms with Crippen molar-refractivity contribution >= 4 is 0 Å². The Morgan fingerprint density at radius 3 is 2.53 bits per heavy atom. The van der Waals surface area contributed by atoms with E-state index in [9.17, 15) is 0 Å². The van der Waals surface area contributed by atoms with Gasteiger partial charge < -0.3 is 5.73 Å². The number of fused-ring (bicyclic) bond motifs is 1. The minimum atomic E-state index is 0.436. The van der Waals surface area contributed by atoms with Gasteiger partial charge in [0.2, 0.25) is 0 Å². The zero-order valence-electron chi connectivity index (χ0n) is 11.0. The molecule has 0 aromatic heterocycles. The minimum Gasteiger partial charge on any atom is -0.326 e. The van der Waals surface area contributed by atoms with E-state index in [1.165, 1.54) is 71.1 Å². The molecule has 1 saturated carbocycles. The van der Waals surface area contributed by atoms with E-state index in [1.54, 1.807) is 0 Å². The second-order valence-corrected chi connectivity index (χ2v) is 6.20. The molecule has 98 valence electrons. The third kappa shape index (κ3) is 2.51. The van der Waals surface area contributed by atoms with Gasteiger partial charge in [0, 0.05) is 37.8 Å². The molecular weight excluding hydrogens is 210 g/mol. The van der Waals surface area contributed by atoms with Crippen LogP contribution in [-0.2, 0) is 0 Å². The zero-order valence-corrected chi connectivity index (χ0v) is 11.0. The Kier molecular flexibility index (Phi) is 3.69. The highest BCUT2D eigenvalue weighted by Crippen LogP contribution is 2.27. The summed E-state index contributed by atoms with van der Waals surface area (Å²) in [5.74, 6) is 0. The fourth-order valence-corrected chi connectivity index (χ4v) is 4.09. The number of rotatable bonds is 1. The molecule has 3 unspecified atom stereocenters. The fourth-order valence-electron chi connectivity index (χ4n) is 4.09. The van der Waals surface area contributed by atoms with Crippen LogP contribution in [0, 0.1) is 0 Å². The van der Waals surface area contributed by atoms with Crippen LogP contribution in [0.4, 0.5) is 0 Å². The second-order valence-electron chi connectivity index (χ2n) is 6.20. The highest BCUT2D eigenvalue weighted by molar-refractivity contribution is 4.92. The molecule has 0 spiro atoms. The van der Waals surface area contributed by atoms with Crippen LogP contribution in [0.5, 0.6) is 0 Å². The minimum absolute atomic E-state index is 0.436. The summed E-state index contributed by atoms with van der Waals surface area (Å²) in [6, 6.07) is 1.96. The van der Waals surface area contributed by atoms with Crippen molar-refractivity contribution in [1.29, 1.82) is 0 Å². The van der Waals surface area contributed by atoms with Crippen molar-refractivity contribution in [3.63, 3.8) is 0 Å². The van der Waals surface area contributed by atoms with Gasteiger partial charge in [-0.15, -0.1) is 0 Å². The first kappa shape index (κ1) is 11.9. The van der Waals surface area contributed by atoms with Gasteiger partial charge in [0.15, 0.2) is 0 Å². The van der Waals surface area contributed by atoms with Crippen molar-refractivity contribution in [3.05, 3.63) is 0 Å². The molecule has 3 fully saturated rings. The van der Waals surface area contributed by atoms with Crippen LogP contribution in [0.15, 0.2) is 0 Å². The Labute approximate surface area is 105 Å². The second kappa shape index (κ2) is 5.25. The quantitative estimate of drug-likeness (QED) is 0.700. The number of hydrogen-bond donors (Lipinski definition) is 1. The molecule has 3 rings (SSSR count). The van der Waals surface area contributed by atoms with E-state index in [-0.39, 0.29) is 0 Å². The summed E-state index contributed by atoms with van der Waals surface area (Å²) in [7, 11) is 0. The lowest BCUT2D eigenvalue weighted by Gasteiger charge is -2.43. The van der Waals surface area contributed by atoms with Gasteiger partial charge in [-0.1, -0.05) is 19.3 Å². The standard InChI is InChI=1S/C14H27N3/c15-13-6-2-1-3-7-14(13)17-10-9-16-8-4-5-12(16)11-17/h12-14H,1-11,15H2. The molecule has 2 heterocycles. The summed E-state index contributed by atoms with van der Waals surface area (Å²) >= 11 is 0. The first-order valence-electron chi connectivity index (χ1n) is 7.58. The smallest absolute Gasteiger partial charge is 0.0248 e. The van der Waals surface area contributed by atoms with E-state index in [0.29, 0.717) is 12.1 Å². The zero-order chi connectivity index (χ0) is 11.7. The Bertz CT molecular complexity index is 256. The Balaban J connectivity index is 1.62. The van der Waals surface area contributed by atoms with Crippen molar-refractivity contribution in [1.82, 2.24) is 9.80 Å². The summed E-state index contributed by atoms with van der Waals surface area (Å²) in [6.45, 7) is 5.18. The largest absolute Gasteiger partial charge is 0.326 e. The van der Waals surface area contributed by atoms with Crippen LogP contribution in [0.2, 0.25) is 0 Å². The Morgan fingerprint density at radius 2 is 1.59 bits per heavy atom. The molecule has 17 heavy (non-hydrogen) atoms. The van der Waals surface area contributed by atoms with Gasteiger partial charge in [0.1, 0.15) is 0 Å². The Hall–Kier alpha value is -0.120. The van der Waals surface area contributed by atoms with Gasteiger partial charge in [-0.3, -0.25) is 9.80 Å².